The molecule has 0 aliphatic rings. The zero-order valence-corrected chi connectivity index (χ0v) is 25.1. The molecule has 2 N–H and O–H groups in total. The molecule has 0 bridgehead atoms. The highest BCUT2D eigenvalue weighted by Crippen LogP contribution is 2.36. The average molecular weight is 598 g/mol. The van der Waals surface area contributed by atoms with Crippen molar-refractivity contribution in [3.05, 3.63) is 163 Å². The number of nitrogens with zero attached hydrogens (tertiary/aromatic N) is 3. The Hall–Kier alpha value is -4.49. The zero-order chi connectivity index (χ0) is 28.6. The second-order valence-corrected chi connectivity index (χ2v) is 11.8. The van der Waals surface area contributed by atoms with Gasteiger partial charge in [-0.25, -0.2) is 4.98 Å². The lowest BCUT2D eigenvalue weighted by Gasteiger charge is -2.18. The van der Waals surface area contributed by atoms with E-state index in [1.807, 2.05) is 54.6 Å². The molecule has 0 saturated carbocycles. The number of hydrogen-bond donors (Lipinski definition) is 0. The van der Waals surface area contributed by atoms with E-state index in [0.29, 0.717) is 0 Å². The van der Waals surface area contributed by atoms with Crippen LogP contribution in [0.1, 0.15) is 28.4 Å². The minimum absolute atomic E-state index is 0. The third-order valence-electron chi connectivity index (χ3n) is 7.09. The Morgan fingerprint density at radius 2 is 1.16 bits per heavy atom. The van der Waals surface area contributed by atoms with Gasteiger partial charge in [0.2, 0.25) is 0 Å². The minimum atomic E-state index is 0. The molecule has 0 saturated heterocycles. The van der Waals surface area contributed by atoms with Crippen molar-refractivity contribution in [2.75, 3.05) is 0 Å². The van der Waals surface area contributed by atoms with Crippen LogP contribution in [0.15, 0.2) is 146 Å². The van der Waals surface area contributed by atoms with E-state index in [-0.39, 0.29) is 10.7 Å². The Morgan fingerprint density at radius 1 is 0.605 bits per heavy atom. The van der Waals surface area contributed by atoms with E-state index in [1.54, 1.807) is 24.2 Å². The third kappa shape index (κ3) is 7.67. The summed E-state index contributed by atoms with van der Waals surface area (Å²) in [5.74, 6) is 0. The van der Waals surface area contributed by atoms with E-state index >= 15 is 0 Å². The lowest BCUT2D eigenvalue weighted by Crippen LogP contribution is -2.02. The van der Waals surface area contributed by atoms with Crippen LogP contribution in [0.4, 0.5) is 0 Å². The fourth-order valence-electron chi connectivity index (χ4n) is 4.88. The van der Waals surface area contributed by atoms with Gasteiger partial charge in [0.1, 0.15) is 0 Å². The first kappa shape index (κ1) is 30.0. The van der Waals surface area contributed by atoms with Crippen LogP contribution in [0.25, 0.3) is 33.9 Å². The molecule has 3 heterocycles. The van der Waals surface area contributed by atoms with E-state index in [4.69, 9.17) is 17.2 Å². The van der Waals surface area contributed by atoms with Crippen molar-refractivity contribution in [3.63, 3.8) is 0 Å². The SMILES string of the molecule is O.S=C(SC(CCc1ccc(-c2cc(-c3ccccn3)nc(-c3ccccn3)c2)cc1)c1ccccc1)c1ccccc1. The molecular weight excluding hydrogens is 567 g/mol. The molecular formula is C37H31N3OS2. The molecule has 0 spiro atoms. The van der Waals surface area contributed by atoms with Gasteiger partial charge in [-0.05, 0) is 77.1 Å². The maximum Gasteiger partial charge on any atom is 0.0900 e. The molecule has 1 atom stereocenters. The largest absolute Gasteiger partial charge is 0.412 e. The van der Waals surface area contributed by atoms with Gasteiger partial charge in [-0.2, -0.15) is 0 Å². The monoisotopic (exact) mass is 597 g/mol. The number of benzene rings is 3. The molecule has 6 rings (SSSR count). The molecule has 0 amide bonds. The van der Waals surface area contributed by atoms with Gasteiger partial charge < -0.3 is 5.48 Å². The molecule has 0 fully saturated rings. The van der Waals surface area contributed by atoms with Crippen molar-refractivity contribution in [2.45, 2.75) is 18.1 Å². The van der Waals surface area contributed by atoms with Crippen LogP contribution in [-0.2, 0) is 6.42 Å². The van der Waals surface area contributed by atoms with Crippen molar-refractivity contribution in [2.24, 2.45) is 0 Å². The summed E-state index contributed by atoms with van der Waals surface area (Å²) in [6.07, 6.45) is 5.54. The number of aryl methyl sites for hydroxylation is 1. The van der Waals surface area contributed by atoms with Crippen LogP contribution >= 0.6 is 24.0 Å². The van der Waals surface area contributed by atoms with Gasteiger partial charge in [-0.1, -0.05) is 109 Å². The van der Waals surface area contributed by atoms with Crippen LogP contribution in [0.3, 0.4) is 0 Å². The molecule has 3 aromatic carbocycles. The van der Waals surface area contributed by atoms with Crippen LogP contribution < -0.4 is 0 Å². The number of aromatic nitrogens is 3. The van der Waals surface area contributed by atoms with E-state index in [2.05, 4.69) is 88.8 Å². The van der Waals surface area contributed by atoms with Gasteiger partial charge in [0.05, 0.1) is 27.0 Å². The summed E-state index contributed by atoms with van der Waals surface area (Å²) >= 11 is 7.62. The van der Waals surface area contributed by atoms with Gasteiger partial charge in [-0.3, -0.25) is 9.97 Å². The summed E-state index contributed by atoms with van der Waals surface area (Å²) < 4.78 is 0.935. The first-order valence-corrected chi connectivity index (χ1v) is 15.3. The molecule has 0 radical (unpaired) electrons. The summed E-state index contributed by atoms with van der Waals surface area (Å²) in [5.41, 5.74) is 9.27. The summed E-state index contributed by atoms with van der Waals surface area (Å²) in [7, 11) is 0. The maximum absolute atomic E-state index is 5.84. The molecule has 6 aromatic rings. The predicted molar refractivity (Wildman–Crippen MR) is 183 cm³/mol. The Morgan fingerprint density at radius 3 is 1.72 bits per heavy atom. The summed E-state index contributed by atoms with van der Waals surface area (Å²) in [4.78, 5) is 14.0. The van der Waals surface area contributed by atoms with Gasteiger partial charge in [0.15, 0.2) is 0 Å². The molecule has 1 unspecified atom stereocenters. The second kappa shape index (κ2) is 14.6. The number of hydrogen-bond acceptors (Lipinski definition) is 5. The fourth-order valence-corrected chi connectivity index (χ4v) is 6.43. The minimum Gasteiger partial charge on any atom is -0.412 e. The first-order valence-electron chi connectivity index (χ1n) is 14.0. The summed E-state index contributed by atoms with van der Waals surface area (Å²) in [5, 5.41) is 0.278. The van der Waals surface area contributed by atoms with Crippen molar-refractivity contribution >= 4 is 28.2 Å². The van der Waals surface area contributed by atoms with Crippen LogP contribution in [0, 0.1) is 0 Å². The molecule has 212 valence electrons. The lowest BCUT2D eigenvalue weighted by atomic mass is 9.99. The van der Waals surface area contributed by atoms with Gasteiger partial charge in [0, 0.05) is 17.6 Å². The predicted octanol–water partition coefficient (Wildman–Crippen LogP) is 8.83. The highest BCUT2D eigenvalue weighted by molar-refractivity contribution is 8.23. The van der Waals surface area contributed by atoms with Crippen molar-refractivity contribution in [3.8, 4) is 33.9 Å². The topological polar surface area (TPSA) is 70.2 Å². The molecule has 6 heteroatoms. The van der Waals surface area contributed by atoms with Crippen molar-refractivity contribution in [1.82, 2.24) is 15.0 Å². The van der Waals surface area contributed by atoms with Gasteiger partial charge in [0.25, 0.3) is 0 Å². The Balaban J connectivity index is 0.00000368. The first-order chi connectivity index (χ1) is 20.7. The zero-order valence-electron chi connectivity index (χ0n) is 23.5. The number of thioether (sulfide) groups is 1. The van der Waals surface area contributed by atoms with E-state index in [1.165, 1.54) is 11.1 Å². The Labute approximate surface area is 262 Å². The smallest absolute Gasteiger partial charge is 0.0900 e. The van der Waals surface area contributed by atoms with E-state index in [0.717, 1.165) is 56.5 Å². The van der Waals surface area contributed by atoms with Gasteiger partial charge >= 0.3 is 0 Å². The van der Waals surface area contributed by atoms with Gasteiger partial charge in [-0.15, -0.1) is 11.8 Å². The van der Waals surface area contributed by atoms with Crippen LogP contribution in [0.2, 0.25) is 0 Å². The highest BCUT2D eigenvalue weighted by Gasteiger charge is 2.16. The molecule has 0 aliphatic carbocycles. The lowest BCUT2D eigenvalue weighted by molar-refractivity contribution is 0.805. The molecule has 43 heavy (non-hydrogen) atoms. The third-order valence-corrected chi connectivity index (χ3v) is 8.86. The van der Waals surface area contributed by atoms with Crippen molar-refractivity contribution in [1.29, 1.82) is 0 Å². The average Bonchev–Trinajstić information content (AvgIpc) is 3.08. The van der Waals surface area contributed by atoms with Crippen LogP contribution in [-0.4, -0.2) is 24.6 Å². The number of pyridine rings is 3. The molecule has 4 nitrogen and oxygen atoms in total. The number of thiocarbonyl (C=S) groups is 1. The van der Waals surface area contributed by atoms with E-state index in [9.17, 15) is 0 Å². The Kier molecular flexibility index (Phi) is 10.2. The standard InChI is InChI=1S/C37H29N3S2.H2O/c41-37(30-13-5-2-6-14-30)42-36(29-11-3-1-4-12-29)22-19-27-17-20-28(21-18-27)31-25-34(32-15-7-9-23-38-32)40-35(26-31)33-16-8-10-24-39-33;/h1-18,20-21,23-26,36H,19,22H2;1H2. The molecule has 3 aromatic heterocycles. The Bertz CT molecular complexity index is 1690. The summed E-state index contributed by atoms with van der Waals surface area (Å²) in [6, 6.07) is 45.9. The fraction of sp³-hybridized carbons (Fsp3) is 0.0811. The highest BCUT2D eigenvalue weighted by atomic mass is 32.2. The summed E-state index contributed by atoms with van der Waals surface area (Å²) in [6.45, 7) is 0. The van der Waals surface area contributed by atoms with E-state index < -0.39 is 0 Å². The number of rotatable bonds is 9. The molecule has 0 aliphatic heterocycles. The normalized spacial score (nSPS) is 11.3. The quantitative estimate of drug-likeness (QED) is 0.156. The van der Waals surface area contributed by atoms with Crippen LogP contribution in [0.5, 0.6) is 0 Å². The maximum atomic E-state index is 5.84. The van der Waals surface area contributed by atoms with Crippen molar-refractivity contribution < 1.29 is 5.48 Å². The second-order valence-electron chi connectivity index (χ2n) is 9.96.